The first-order valence-corrected chi connectivity index (χ1v) is 8.07. The maximum atomic E-state index is 12.8. The van der Waals surface area contributed by atoms with Crippen molar-refractivity contribution in [2.45, 2.75) is 25.1 Å². The molecule has 1 atom stereocenters. The quantitative estimate of drug-likeness (QED) is 0.868. The molecule has 1 fully saturated rings. The number of H-pyrrole nitrogens is 1. The predicted molar refractivity (Wildman–Crippen MR) is 86.4 cm³/mol. The van der Waals surface area contributed by atoms with E-state index in [1.165, 1.54) is 4.90 Å². The molecular formula is C16H15ClF3N3O2. The summed E-state index contributed by atoms with van der Waals surface area (Å²) in [6.45, 7) is -1.13. The van der Waals surface area contributed by atoms with E-state index in [2.05, 4.69) is 4.98 Å². The van der Waals surface area contributed by atoms with Gasteiger partial charge in [0.15, 0.2) is 0 Å². The van der Waals surface area contributed by atoms with E-state index in [4.69, 9.17) is 11.6 Å². The Morgan fingerprint density at radius 3 is 2.72 bits per heavy atom. The van der Waals surface area contributed by atoms with Crippen LogP contribution in [0.25, 0.3) is 10.9 Å². The first-order valence-electron chi connectivity index (χ1n) is 7.69. The number of alkyl halides is 3. The van der Waals surface area contributed by atoms with Gasteiger partial charge >= 0.3 is 6.18 Å². The number of amides is 2. The Kier molecular flexibility index (Phi) is 4.64. The number of nitrogens with zero attached hydrogens (tertiary/aromatic N) is 1. The fourth-order valence-electron chi connectivity index (χ4n) is 2.99. The van der Waals surface area contributed by atoms with E-state index in [0.29, 0.717) is 23.7 Å². The summed E-state index contributed by atoms with van der Waals surface area (Å²) in [6.07, 6.45) is -3.65. The molecule has 0 spiro atoms. The van der Waals surface area contributed by atoms with E-state index in [0.717, 1.165) is 0 Å². The molecule has 1 aliphatic heterocycles. The number of para-hydroxylation sites is 1. The molecule has 1 aliphatic rings. The van der Waals surface area contributed by atoms with Gasteiger partial charge in [0.2, 0.25) is 5.91 Å². The third-order valence-electron chi connectivity index (χ3n) is 4.14. The van der Waals surface area contributed by atoms with Gasteiger partial charge in [-0.1, -0.05) is 29.8 Å². The highest BCUT2D eigenvalue weighted by Gasteiger charge is 2.37. The van der Waals surface area contributed by atoms with Crippen LogP contribution in [-0.4, -0.2) is 47.0 Å². The number of rotatable bonds is 3. The lowest BCUT2D eigenvalue weighted by molar-refractivity contribution is -0.140. The molecule has 0 radical (unpaired) electrons. The second-order valence-corrected chi connectivity index (χ2v) is 6.23. The Balaban J connectivity index is 1.80. The summed E-state index contributed by atoms with van der Waals surface area (Å²) in [7, 11) is 0. The number of aromatic nitrogens is 1. The average molecular weight is 374 g/mol. The summed E-state index contributed by atoms with van der Waals surface area (Å²) in [5, 5.41) is 2.75. The van der Waals surface area contributed by atoms with Crippen LogP contribution in [-0.2, 0) is 4.79 Å². The fourth-order valence-corrected chi connectivity index (χ4v) is 3.28. The SMILES string of the molecule is O=C(NCC(F)(F)F)C1CCCN1C(=O)c1[nH]c2ccccc2c1Cl. The summed E-state index contributed by atoms with van der Waals surface area (Å²) >= 11 is 6.25. The number of hydrogen-bond acceptors (Lipinski definition) is 2. The Bertz CT molecular complexity index is 819. The molecule has 1 aromatic heterocycles. The molecule has 3 rings (SSSR count). The van der Waals surface area contributed by atoms with Crippen LogP contribution in [0.5, 0.6) is 0 Å². The van der Waals surface area contributed by atoms with Crippen molar-refractivity contribution in [2.24, 2.45) is 0 Å². The fraction of sp³-hybridized carbons (Fsp3) is 0.375. The van der Waals surface area contributed by atoms with Gasteiger partial charge in [-0.25, -0.2) is 0 Å². The number of hydrogen-bond donors (Lipinski definition) is 2. The zero-order valence-corrected chi connectivity index (χ0v) is 13.7. The van der Waals surface area contributed by atoms with Crippen molar-refractivity contribution in [1.82, 2.24) is 15.2 Å². The van der Waals surface area contributed by atoms with Crippen molar-refractivity contribution < 1.29 is 22.8 Å². The van der Waals surface area contributed by atoms with Gasteiger partial charge in [0, 0.05) is 17.4 Å². The Morgan fingerprint density at radius 2 is 2.04 bits per heavy atom. The van der Waals surface area contributed by atoms with E-state index < -0.39 is 30.6 Å². The van der Waals surface area contributed by atoms with Crippen LogP contribution in [0.1, 0.15) is 23.3 Å². The number of benzene rings is 1. The number of carbonyl (C=O) groups excluding carboxylic acids is 2. The maximum absolute atomic E-state index is 12.8. The van der Waals surface area contributed by atoms with Crippen LogP contribution >= 0.6 is 11.6 Å². The number of carbonyl (C=O) groups is 2. The first-order chi connectivity index (χ1) is 11.8. The summed E-state index contributed by atoms with van der Waals surface area (Å²) in [5.74, 6) is -1.30. The van der Waals surface area contributed by atoms with Gasteiger partial charge in [-0.3, -0.25) is 9.59 Å². The first kappa shape index (κ1) is 17.6. The van der Waals surface area contributed by atoms with Gasteiger partial charge in [-0.2, -0.15) is 13.2 Å². The van der Waals surface area contributed by atoms with Gasteiger partial charge in [0.05, 0.1) is 5.02 Å². The summed E-state index contributed by atoms with van der Waals surface area (Å²) in [5.41, 5.74) is 0.812. The molecule has 2 amide bonds. The molecule has 0 saturated carbocycles. The van der Waals surface area contributed by atoms with E-state index in [9.17, 15) is 22.8 Å². The monoisotopic (exact) mass is 373 g/mol. The molecule has 2 aromatic rings. The summed E-state index contributed by atoms with van der Waals surface area (Å²) < 4.78 is 36.8. The van der Waals surface area contributed by atoms with Crippen molar-refractivity contribution in [3.8, 4) is 0 Å². The number of fused-ring (bicyclic) bond motifs is 1. The third-order valence-corrected chi connectivity index (χ3v) is 4.53. The normalized spacial score (nSPS) is 17.9. The van der Waals surface area contributed by atoms with Crippen molar-refractivity contribution in [2.75, 3.05) is 13.1 Å². The lowest BCUT2D eigenvalue weighted by atomic mass is 10.2. The summed E-state index contributed by atoms with van der Waals surface area (Å²) in [6, 6.07) is 6.14. The predicted octanol–water partition coefficient (Wildman–Crippen LogP) is 3.10. The molecule has 25 heavy (non-hydrogen) atoms. The molecule has 5 nitrogen and oxygen atoms in total. The molecule has 1 aromatic carbocycles. The Morgan fingerprint density at radius 1 is 1.32 bits per heavy atom. The van der Waals surface area contributed by atoms with E-state index in [1.54, 1.807) is 24.3 Å². The smallest absolute Gasteiger partial charge is 0.349 e. The van der Waals surface area contributed by atoms with E-state index in [1.807, 2.05) is 5.32 Å². The molecule has 9 heteroatoms. The Labute approximate surface area is 146 Å². The minimum absolute atomic E-state index is 0.137. The van der Waals surface area contributed by atoms with Crippen molar-refractivity contribution in [3.05, 3.63) is 35.0 Å². The van der Waals surface area contributed by atoms with Crippen LogP contribution in [0.15, 0.2) is 24.3 Å². The zero-order valence-electron chi connectivity index (χ0n) is 13.0. The standard InChI is InChI=1S/C16H15ClF3N3O2/c17-12-9-4-1-2-5-10(9)22-13(12)15(25)23-7-3-6-11(23)14(24)21-8-16(18,19)20/h1-2,4-5,11,22H,3,6-8H2,(H,21,24). The van der Waals surface area contributed by atoms with Gasteiger partial charge in [-0.05, 0) is 18.9 Å². The molecule has 2 N–H and O–H groups in total. The van der Waals surface area contributed by atoms with Crippen LogP contribution in [0.4, 0.5) is 13.2 Å². The van der Waals surface area contributed by atoms with E-state index >= 15 is 0 Å². The maximum Gasteiger partial charge on any atom is 0.405 e. The molecule has 1 unspecified atom stereocenters. The van der Waals surface area contributed by atoms with Crippen LogP contribution < -0.4 is 5.32 Å². The highest BCUT2D eigenvalue weighted by molar-refractivity contribution is 6.38. The van der Waals surface area contributed by atoms with Crippen molar-refractivity contribution in [3.63, 3.8) is 0 Å². The second-order valence-electron chi connectivity index (χ2n) is 5.85. The van der Waals surface area contributed by atoms with Crippen LogP contribution in [0.3, 0.4) is 0 Å². The second kappa shape index (κ2) is 6.59. The zero-order chi connectivity index (χ0) is 18.2. The average Bonchev–Trinajstić information content (AvgIpc) is 3.17. The molecule has 2 heterocycles. The molecular weight excluding hydrogens is 359 g/mol. The number of nitrogens with one attached hydrogen (secondary N) is 2. The van der Waals surface area contributed by atoms with Gasteiger partial charge in [0.25, 0.3) is 5.91 Å². The lowest BCUT2D eigenvalue weighted by Gasteiger charge is -2.24. The third kappa shape index (κ3) is 3.58. The topological polar surface area (TPSA) is 65.2 Å². The lowest BCUT2D eigenvalue weighted by Crippen LogP contribution is -2.48. The minimum Gasteiger partial charge on any atom is -0.349 e. The van der Waals surface area contributed by atoms with Crippen LogP contribution in [0.2, 0.25) is 5.02 Å². The van der Waals surface area contributed by atoms with Gasteiger partial charge < -0.3 is 15.2 Å². The van der Waals surface area contributed by atoms with Gasteiger partial charge in [0.1, 0.15) is 18.3 Å². The van der Waals surface area contributed by atoms with Crippen molar-refractivity contribution in [1.29, 1.82) is 0 Å². The highest BCUT2D eigenvalue weighted by atomic mass is 35.5. The largest absolute Gasteiger partial charge is 0.405 e. The van der Waals surface area contributed by atoms with Crippen LogP contribution in [0, 0.1) is 0 Å². The molecule has 134 valence electrons. The number of halogens is 4. The minimum atomic E-state index is -4.50. The number of aromatic amines is 1. The van der Waals surface area contributed by atoms with Gasteiger partial charge in [-0.15, -0.1) is 0 Å². The molecule has 0 bridgehead atoms. The van der Waals surface area contributed by atoms with Crippen molar-refractivity contribution >= 4 is 34.3 Å². The molecule has 0 aliphatic carbocycles. The van der Waals surface area contributed by atoms with E-state index in [-0.39, 0.29) is 17.3 Å². The Hall–Kier alpha value is -2.22. The highest BCUT2D eigenvalue weighted by Crippen LogP contribution is 2.30. The number of likely N-dealkylation sites (tertiary alicyclic amines) is 1. The summed E-state index contributed by atoms with van der Waals surface area (Å²) in [4.78, 5) is 29.0. The molecule has 1 saturated heterocycles.